The first-order valence-corrected chi connectivity index (χ1v) is 10.1. The quantitative estimate of drug-likeness (QED) is 0.525. The van der Waals surface area contributed by atoms with E-state index in [0.717, 1.165) is 12.1 Å². The van der Waals surface area contributed by atoms with Crippen LogP contribution in [0.15, 0.2) is 41.3 Å². The predicted octanol–water partition coefficient (Wildman–Crippen LogP) is 4.26. The number of nitrogens with zero attached hydrogens (tertiary/aromatic N) is 1. The largest absolute Gasteiger partial charge is 0.493 e. The van der Waals surface area contributed by atoms with Gasteiger partial charge < -0.3 is 19.1 Å². The van der Waals surface area contributed by atoms with E-state index in [4.69, 9.17) is 9.47 Å². The molecule has 3 rings (SSSR count). The topological polar surface area (TPSA) is 77.8 Å². The maximum Gasteiger partial charge on any atom is 0.200 e. The van der Waals surface area contributed by atoms with Crippen molar-refractivity contribution in [2.75, 3.05) is 13.7 Å². The minimum atomic E-state index is -0.756. The number of benzene rings is 2. The normalized spacial score (nSPS) is 12.2. The first kappa shape index (κ1) is 23.4. The summed E-state index contributed by atoms with van der Waals surface area (Å²) in [5.41, 5.74) is -0.361. The van der Waals surface area contributed by atoms with Crippen molar-refractivity contribution in [3.8, 4) is 11.5 Å². The summed E-state index contributed by atoms with van der Waals surface area (Å²) in [5.74, 6) is -1.60. The van der Waals surface area contributed by atoms with Crippen molar-refractivity contribution in [2.24, 2.45) is 5.92 Å². The van der Waals surface area contributed by atoms with Crippen LogP contribution in [-0.4, -0.2) is 29.2 Å². The molecule has 1 atom stereocenters. The summed E-state index contributed by atoms with van der Waals surface area (Å²) in [6.07, 6.45) is 1.45. The van der Waals surface area contributed by atoms with Crippen molar-refractivity contribution in [3.05, 3.63) is 69.5 Å². The van der Waals surface area contributed by atoms with Crippen molar-refractivity contribution in [2.45, 2.75) is 33.4 Å². The van der Waals surface area contributed by atoms with E-state index in [0.29, 0.717) is 5.52 Å². The van der Waals surface area contributed by atoms with Crippen LogP contribution in [0.5, 0.6) is 11.5 Å². The Morgan fingerprint density at radius 3 is 2.34 bits per heavy atom. The Bertz CT molecular complexity index is 1200. The first-order chi connectivity index (χ1) is 15.2. The maximum absolute atomic E-state index is 14.0. The van der Waals surface area contributed by atoms with Crippen LogP contribution in [0.1, 0.15) is 42.7 Å². The molecule has 0 saturated carbocycles. The zero-order valence-electron chi connectivity index (χ0n) is 18.3. The van der Waals surface area contributed by atoms with E-state index in [1.54, 1.807) is 10.6 Å². The molecular formula is C24H25F2NO5. The molecule has 3 aromatic rings. The van der Waals surface area contributed by atoms with E-state index in [2.05, 4.69) is 0 Å². The van der Waals surface area contributed by atoms with Gasteiger partial charge in [-0.05, 0) is 31.0 Å². The van der Waals surface area contributed by atoms with E-state index >= 15 is 0 Å². The molecule has 1 aromatic heterocycles. The second kappa shape index (κ2) is 9.48. The molecule has 1 N–H and O–H groups in total. The molecule has 6 nitrogen and oxygen atoms in total. The summed E-state index contributed by atoms with van der Waals surface area (Å²) in [4.78, 5) is 25.1. The lowest BCUT2D eigenvalue weighted by atomic mass is 10.0. The molecule has 0 unspecified atom stereocenters. The number of aliphatic hydroxyl groups excluding tert-OH is 1. The number of hydrogen-bond donors (Lipinski definition) is 1. The summed E-state index contributed by atoms with van der Waals surface area (Å²) in [6, 6.07) is 6.05. The van der Waals surface area contributed by atoms with Crippen molar-refractivity contribution in [1.82, 2.24) is 4.57 Å². The van der Waals surface area contributed by atoms with E-state index in [1.807, 2.05) is 13.8 Å². The van der Waals surface area contributed by atoms with Crippen LogP contribution in [0.4, 0.5) is 8.78 Å². The third-order valence-corrected chi connectivity index (χ3v) is 5.44. The van der Waals surface area contributed by atoms with Crippen molar-refractivity contribution < 1.29 is 28.2 Å². The van der Waals surface area contributed by atoms with Gasteiger partial charge in [0.05, 0.1) is 41.8 Å². The summed E-state index contributed by atoms with van der Waals surface area (Å²) < 4.78 is 40.7. The van der Waals surface area contributed by atoms with Crippen molar-refractivity contribution in [1.29, 1.82) is 0 Å². The van der Waals surface area contributed by atoms with Crippen LogP contribution in [0.3, 0.4) is 0 Å². The first-order valence-electron chi connectivity index (χ1n) is 10.1. The van der Waals surface area contributed by atoms with E-state index in [1.165, 1.54) is 32.4 Å². The number of carbonyl (C=O) groups is 1. The summed E-state index contributed by atoms with van der Waals surface area (Å²) in [7, 11) is 1.40. The Balaban J connectivity index is 2.21. The number of aromatic nitrogens is 1. The van der Waals surface area contributed by atoms with Crippen LogP contribution in [-0.2, 0) is 6.61 Å². The van der Waals surface area contributed by atoms with E-state index < -0.39 is 35.5 Å². The minimum absolute atomic E-state index is 0.00328. The second-order valence-corrected chi connectivity index (χ2v) is 7.84. The van der Waals surface area contributed by atoms with Crippen LogP contribution < -0.4 is 14.9 Å². The number of carbonyl (C=O) groups excluding carboxylic acids is 1. The van der Waals surface area contributed by atoms with Gasteiger partial charge in [-0.25, -0.2) is 8.78 Å². The lowest BCUT2D eigenvalue weighted by Gasteiger charge is -2.25. The van der Waals surface area contributed by atoms with Gasteiger partial charge in [0.15, 0.2) is 22.7 Å². The zero-order chi connectivity index (χ0) is 23.6. The molecule has 0 aliphatic rings. The SMILES string of the molecule is COc1cc2c(cc1OCc1c(F)cccc1F)c(=O)c(C(C)=O)cn2[C@H](CO)C(C)C. The fraction of sp³-hybridized carbons (Fsp3) is 0.333. The number of rotatable bonds is 8. The summed E-state index contributed by atoms with van der Waals surface area (Å²) >= 11 is 0. The highest BCUT2D eigenvalue weighted by molar-refractivity contribution is 5.97. The number of ether oxygens (including phenoxy) is 2. The van der Waals surface area contributed by atoms with Crippen LogP contribution in [0.25, 0.3) is 10.9 Å². The lowest BCUT2D eigenvalue weighted by Crippen LogP contribution is -2.25. The van der Waals surface area contributed by atoms with Gasteiger partial charge in [0.1, 0.15) is 18.2 Å². The molecule has 2 aromatic carbocycles. The number of Topliss-reactive ketones (excluding diaryl/α,β-unsaturated/α-hetero) is 1. The molecule has 8 heteroatoms. The Hall–Kier alpha value is -3.26. The molecule has 0 radical (unpaired) electrons. The number of halogens is 2. The molecular weight excluding hydrogens is 420 g/mol. The lowest BCUT2D eigenvalue weighted by molar-refractivity contribution is 0.101. The Kier molecular flexibility index (Phi) is 6.93. The molecule has 0 amide bonds. The number of fused-ring (bicyclic) bond motifs is 1. The van der Waals surface area contributed by atoms with Gasteiger partial charge >= 0.3 is 0 Å². The van der Waals surface area contributed by atoms with Crippen LogP contribution in [0, 0.1) is 17.6 Å². The molecule has 0 fully saturated rings. The maximum atomic E-state index is 14.0. The number of pyridine rings is 1. The fourth-order valence-electron chi connectivity index (χ4n) is 3.59. The molecule has 1 heterocycles. The van der Waals surface area contributed by atoms with Gasteiger partial charge in [-0.1, -0.05) is 19.9 Å². The molecule has 0 aliphatic heterocycles. The zero-order valence-corrected chi connectivity index (χ0v) is 18.3. The monoisotopic (exact) mass is 445 g/mol. The molecule has 0 aliphatic carbocycles. The molecule has 170 valence electrons. The Morgan fingerprint density at radius 1 is 1.16 bits per heavy atom. The fourth-order valence-corrected chi connectivity index (χ4v) is 3.59. The van der Waals surface area contributed by atoms with E-state index in [9.17, 15) is 23.5 Å². The number of hydrogen-bond acceptors (Lipinski definition) is 5. The third-order valence-electron chi connectivity index (χ3n) is 5.44. The van der Waals surface area contributed by atoms with Gasteiger partial charge in [0.2, 0.25) is 0 Å². The molecule has 0 bridgehead atoms. The Labute approximate surface area is 184 Å². The van der Waals surface area contributed by atoms with Crippen molar-refractivity contribution in [3.63, 3.8) is 0 Å². The highest BCUT2D eigenvalue weighted by atomic mass is 19.1. The van der Waals surface area contributed by atoms with Gasteiger partial charge in [-0.15, -0.1) is 0 Å². The molecule has 0 saturated heterocycles. The number of ketones is 1. The third kappa shape index (κ3) is 4.36. The van der Waals surface area contributed by atoms with Gasteiger partial charge in [-0.3, -0.25) is 9.59 Å². The van der Waals surface area contributed by atoms with Crippen LogP contribution in [0.2, 0.25) is 0 Å². The molecule has 32 heavy (non-hydrogen) atoms. The van der Waals surface area contributed by atoms with Crippen LogP contribution >= 0.6 is 0 Å². The standard InChI is InChI=1S/C24H25F2NO5/c1-13(2)21(11-28)27-10-16(14(3)29)24(30)15-8-23(22(31-4)9-20(15)27)32-12-17-18(25)6-5-7-19(17)26/h5-10,13,21,28H,11-12H2,1-4H3/t21-/m1/s1. The minimum Gasteiger partial charge on any atom is -0.493 e. The second-order valence-electron chi connectivity index (χ2n) is 7.84. The average molecular weight is 445 g/mol. The summed E-state index contributed by atoms with van der Waals surface area (Å²) in [5, 5.41) is 10.1. The predicted molar refractivity (Wildman–Crippen MR) is 116 cm³/mol. The van der Waals surface area contributed by atoms with Gasteiger partial charge in [0, 0.05) is 12.3 Å². The highest BCUT2D eigenvalue weighted by Crippen LogP contribution is 2.34. The van der Waals surface area contributed by atoms with Gasteiger partial charge in [-0.2, -0.15) is 0 Å². The smallest absolute Gasteiger partial charge is 0.200 e. The number of aliphatic hydroxyl groups is 1. The molecule has 0 spiro atoms. The van der Waals surface area contributed by atoms with Gasteiger partial charge in [0.25, 0.3) is 0 Å². The summed E-state index contributed by atoms with van der Waals surface area (Å²) in [6.45, 7) is 4.48. The average Bonchev–Trinajstić information content (AvgIpc) is 2.74. The van der Waals surface area contributed by atoms with E-state index in [-0.39, 0.29) is 40.5 Å². The highest BCUT2D eigenvalue weighted by Gasteiger charge is 2.22. The van der Waals surface area contributed by atoms with Crippen molar-refractivity contribution >= 4 is 16.7 Å². The Morgan fingerprint density at radius 2 is 1.81 bits per heavy atom. The number of methoxy groups -OCH3 is 1.